The third-order valence-electron chi connectivity index (χ3n) is 3.74. The fourth-order valence-electron chi connectivity index (χ4n) is 2.77. The molecule has 3 unspecified atom stereocenters. The lowest BCUT2D eigenvalue weighted by Crippen LogP contribution is -2.50. The number of hydrogen-bond acceptors (Lipinski definition) is 4. The Kier molecular flexibility index (Phi) is 3.39. The van der Waals surface area contributed by atoms with Gasteiger partial charge in [-0.1, -0.05) is 12.1 Å². The fraction of sp³-hybridized carbons (Fsp3) is 0.571. The molecule has 4 heteroatoms. The number of hydrogen-bond donors (Lipinski definition) is 1. The summed E-state index contributed by atoms with van der Waals surface area (Å²) >= 11 is 0. The quantitative estimate of drug-likeness (QED) is 0.880. The number of nitrogens with one attached hydrogen (secondary N) is 1. The van der Waals surface area contributed by atoms with Crippen LogP contribution in [-0.4, -0.2) is 39.0 Å². The van der Waals surface area contributed by atoms with Gasteiger partial charge in [0.05, 0.1) is 12.6 Å². The molecule has 3 atom stereocenters. The molecule has 1 saturated heterocycles. The van der Waals surface area contributed by atoms with Crippen molar-refractivity contribution >= 4 is 0 Å². The second-order valence-corrected chi connectivity index (χ2v) is 4.85. The molecule has 0 amide bonds. The van der Waals surface area contributed by atoms with Crippen molar-refractivity contribution in [3.05, 3.63) is 24.3 Å². The average Bonchev–Trinajstić information content (AvgIpc) is 2.93. The topological polar surface area (TPSA) is 39.7 Å². The molecule has 0 bridgehead atoms. The first-order valence-corrected chi connectivity index (χ1v) is 6.52. The Morgan fingerprint density at radius 2 is 2.06 bits per heavy atom. The number of benzene rings is 1. The van der Waals surface area contributed by atoms with Crippen LogP contribution < -0.4 is 14.8 Å². The first-order chi connectivity index (χ1) is 8.88. The normalized spacial score (nSPS) is 28.1. The minimum Gasteiger partial charge on any atom is -0.486 e. The van der Waals surface area contributed by atoms with Crippen LogP contribution in [-0.2, 0) is 4.74 Å². The van der Waals surface area contributed by atoms with Gasteiger partial charge in [-0.15, -0.1) is 0 Å². The molecule has 0 aromatic heterocycles. The van der Waals surface area contributed by atoms with Gasteiger partial charge in [0.2, 0.25) is 0 Å². The van der Waals surface area contributed by atoms with Crippen molar-refractivity contribution in [2.75, 3.05) is 26.9 Å². The fourth-order valence-corrected chi connectivity index (χ4v) is 2.77. The third kappa shape index (κ3) is 2.18. The van der Waals surface area contributed by atoms with E-state index in [-0.39, 0.29) is 12.1 Å². The van der Waals surface area contributed by atoms with Crippen LogP contribution in [0.25, 0.3) is 0 Å². The van der Waals surface area contributed by atoms with Gasteiger partial charge in [-0.25, -0.2) is 0 Å². The summed E-state index contributed by atoms with van der Waals surface area (Å²) in [5.74, 6) is 2.19. The highest BCUT2D eigenvalue weighted by molar-refractivity contribution is 5.40. The van der Waals surface area contributed by atoms with Crippen LogP contribution in [0.5, 0.6) is 11.5 Å². The largest absolute Gasteiger partial charge is 0.486 e. The predicted molar refractivity (Wildman–Crippen MR) is 68.1 cm³/mol. The lowest BCUT2D eigenvalue weighted by atomic mass is 9.94. The second kappa shape index (κ2) is 5.16. The molecule has 1 aromatic rings. The molecule has 0 radical (unpaired) electrons. The summed E-state index contributed by atoms with van der Waals surface area (Å²) in [5, 5.41) is 3.36. The van der Waals surface area contributed by atoms with Gasteiger partial charge in [0.25, 0.3) is 0 Å². The van der Waals surface area contributed by atoms with Crippen LogP contribution in [0.15, 0.2) is 24.3 Å². The second-order valence-electron chi connectivity index (χ2n) is 4.85. The van der Waals surface area contributed by atoms with Crippen LogP contribution >= 0.6 is 0 Å². The summed E-state index contributed by atoms with van der Waals surface area (Å²) in [6.07, 6.45) is 1.14. The number of fused-ring (bicyclic) bond motifs is 1. The summed E-state index contributed by atoms with van der Waals surface area (Å²) < 4.78 is 17.3. The minimum absolute atomic E-state index is 0.0524. The number of para-hydroxylation sites is 2. The number of ether oxygens (including phenoxy) is 3. The molecular formula is C14H19NO3. The Hall–Kier alpha value is -1.26. The smallest absolute Gasteiger partial charge is 0.161 e. The lowest BCUT2D eigenvalue weighted by molar-refractivity contribution is 0.0432. The first kappa shape index (κ1) is 11.8. The standard InChI is InChI=1S/C14H19NO3/c1-15-14(10-6-7-16-8-10)13-9-17-11-4-2-3-5-12(11)18-13/h2-5,10,13-15H,6-9H2,1H3. The van der Waals surface area contributed by atoms with Crippen molar-refractivity contribution in [3.8, 4) is 11.5 Å². The molecule has 1 N–H and O–H groups in total. The van der Waals surface area contributed by atoms with Crippen molar-refractivity contribution in [1.29, 1.82) is 0 Å². The average molecular weight is 249 g/mol. The van der Waals surface area contributed by atoms with E-state index in [1.807, 2.05) is 31.3 Å². The highest BCUT2D eigenvalue weighted by Gasteiger charge is 2.35. The molecule has 2 aliphatic heterocycles. The van der Waals surface area contributed by atoms with E-state index in [0.29, 0.717) is 12.5 Å². The van der Waals surface area contributed by atoms with Crippen LogP contribution in [0.3, 0.4) is 0 Å². The van der Waals surface area contributed by atoms with Crippen molar-refractivity contribution in [3.63, 3.8) is 0 Å². The van der Waals surface area contributed by atoms with Crippen LogP contribution in [0.4, 0.5) is 0 Å². The summed E-state index contributed by atoms with van der Waals surface area (Å²) in [4.78, 5) is 0. The molecule has 1 aromatic carbocycles. The Bertz CT molecular complexity index is 404. The van der Waals surface area contributed by atoms with E-state index in [2.05, 4.69) is 5.32 Å². The highest BCUT2D eigenvalue weighted by atomic mass is 16.6. The van der Waals surface area contributed by atoms with Gasteiger partial charge >= 0.3 is 0 Å². The number of rotatable bonds is 3. The van der Waals surface area contributed by atoms with Gasteiger partial charge in [0, 0.05) is 12.5 Å². The predicted octanol–water partition coefficient (Wildman–Crippen LogP) is 1.45. The van der Waals surface area contributed by atoms with Gasteiger partial charge in [-0.2, -0.15) is 0 Å². The lowest BCUT2D eigenvalue weighted by Gasteiger charge is -2.34. The summed E-state index contributed by atoms with van der Waals surface area (Å²) in [5.41, 5.74) is 0. The SMILES string of the molecule is CNC(C1CCOC1)C1COc2ccccc2O1. The van der Waals surface area contributed by atoms with Crippen LogP contribution in [0.1, 0.15) is 6.42 Å². The van der Waals surface area contributed by atoms with Gasteiger partial charge < -0.3 is 19.5 Å². The van der Waals surface area contributed by atoms with E-state index in [0.717, 1.165) is 31.1 Å². The molecule has 0 aliphatic carbocycles. The molecule has 0 saturated carbocycles. The van der Waals surface area contributed by atoms with Gasteiger partial charge in [-0.3, -0.25) is 0 Å². The van der Waals surface area contributed by atoms with E-state index < -0.39 is 0 Å². The van der Waals surface area contributed by atoms with Crippen molar-refractivity contribution in [2.24, 2.45) is 5.92 Å². The zero-order valence-corrected chi connectivity index (χ0v) is 10.6. The van der Waals surface area contributed by atoms with Crippen LogP contribution in [0, 0.1) is 5.92 Å². The molecular weight excluding hydrogens is 230 g/mol. The minimum atomic E-state index is 0.0524. The van der Waals surface area contributed by atoms with Gasteiger partial charge in [0.1, 0.15) is 12.7 Å². The summed E-state index contributed by atoms with van der Waals surface area (Å²) in [6, 6.07) is 8.11. The van der Waals surface area contributed by atoms with Crippen molar-refractivity contribution in [1.82, 2.24) is 5.32 Å². The van der Waals surface area contributed by atoms with Crippen LogP contribution in [0.2, 0.25) is 0 Å². The molecule has 4 nitrogen and oxygen atoms in total. The Morgan fingerprint density at radius 3 is 2.78 bits per heavy atom. The zero-order chi connectivity index (χ0) is 12.4. The van der Waals surface area contributed by atoms with E-state index in [1.165, 1.54) is 0 Å². The molecule has 18 heavy (non-hydrogen) atoms. The molecule has 3 rings (SSSR count). The van der Waals surface area contributed by atoms with E-state index in [1.54, 1.807) is 0 Å². The molecule has 98 valence electrons. The first-order valence-electron chi connectivity index (χ1n) is 6.52. The summed E-state index contributed by atoms with van der Waals surface area (Å²) in [6.45, 7) is 2.26. The van der Waals surface area contributed by atoms with E-state index >= 15 is 0 Å². The van der Waals surface area contributed by atoms with Gasteiger partial charge in [0.15, 0.2) is 11.5 Å². The van der Waals surface area contributed by atoms with E-state index in [4.69, 9.17) is 14.2 Å². The van der Waals surface area contributed by atoms with Crippen molar-refractivity contribution in [2.45, 2.75) is 18.6 Å². The maximum Gasteiger partial charge on any atom is 0.161 e. The molecule has 2 heterocycles. The van der Waals surface area contributed by atoms with Gasteiger partial charge in [-0.05, 0) is 25.6 Å². The Balaban J connectivity index is 1.73. The number of likely N-dealkylation sites (N-methyl/N-ethyl adjacent to an activating group) is 1. The van der Waals surface area contributed by atoms with E-state index in [9.17, 15) is 0 Å². The van der Waals surface area contributed by atoms with Crippen molar-refractivity contribution < 1.29 is 14.2 Å². The molecule has 0 spiro atoms. The maximum absolute atomic E-state index is 6.05. The highest BCUT2D eigenvalue weighted by Crippen LogP contribution is 2.33. The zero-order valence-electron chi connectivity index (χ0n) is 10.6. The summed E-state index contributed by atoms with van der Waals surface area (Å²) in [7, 11) is 1.98. The Labute approximate surface area is 107 Å². The molecule has 2 aliphatic rings. The monoisotopic (exact) mass is 249 g/mol. The Morgan fingerprint density at radius 1 is 1.22 bits per heavy atom. The molecule has 1 fully saturated rings. The third-order valence-corrected chi connectivity index (χ3v) is 3.74. The maximum atomic E-state index is 6.05.